The number of hydrogen-bond acceptors (Lipinski definition) is 4. The molecule has 2 unspecified atom stereocenters. The number of anilines is 2. The van der Waals surface area contributed by atoms with Gasteiger partial charge in [0.2, 0.25) is 10.0 Å². The highest BCUT2D eigenvalue weighted by Gasteiger charge is 2.23. The van der Waals surface area contributed by atoms with Crippen molar-refractivity contribution in [2.24, 2.45) is 0 Å². The average molecular weight is 300 g/mol. The summed E-state index contributed by atoms with van der Waals surface area (Å²) in [7, 11) is -3.22. The normalized spacial score (nSPS) is 23.3. The van der Waals surface area contributed by atoms with Crippen LogP contribution in [-0.4, -0.2) is 31.7 Å². The van der Waals surface area contributed by atoms with E-state index in [9.17, 15) is 8.42 Å². The molecule has 19 heavy (non-hydrogen) atoms. The fourth-order valence-corrected chi connectivity index (χ4v) is 4.03. The van der Waals surface area contributed by atoms with E-state index in [1.54, 1.807) is 0 Å². The van der Waals surface area contributed by atoms with Crippen molar-refractivity contribution in [2.75, 3.05) is 22.0 Å². The minimum Gasteiger partial charge on any atom is -0.381 e. The van der Waals surface area contributed by atoms with Gasteiger partial charge in [0, 0.05) is 17.0 Å². The molecule has 1 heterocycles. The Labute approximate surface area is 119 Å². The van der Waals surface area contributed by atoms with Crippen LogP contribution in [0.15, 0.2) is 18.2 Å². The summed E-state index contributed by atoms with van der Waals surface area (Å²) >= 11 is 1.99. The second-order valence-corrected chi connectivity index (χ2v) is 8.25. The standard InChI is InChI=1S/C13H20N2O2S2/c1-9-8-11(14-13-6-7-18-10(13)2)4-5-12(9)15-19(3,16)17/h4-5,8,10,13-15H,6-7H2,1-3H3. The van der Waals surface area contributed by atoms with Crippen LogP contribution in [0.3, 0.4) is 0 Å². The van der Waals surface area contributed by atoms with E-state index in [4.69, 9.17) is 0 Å². The Bertz CT molecular complexity index is 558. The molecule has 1 aliphatic heterocycles. The molecular formula is C13H20N2O2S2. The first-order valence-corrected chi connectivity index (χ1v) is 9.26. The van der Waals surface area contributed by atoms with Crippen LogP contribution in [0.5, 0.6) is 0 Å². The summed E-state index contributed by atoms with van der Waals surface area (Å²) in [6.07, 6.45) is 2.34. The smallest absolute Gasteiger partial charge is 0.229 e. The predicted molar refractivity (Wildman–Crippen MR) is 83.6 cm³/mol. The van der Waals surface area contributed by atoms with Crippen LogP contribution in [0.2, 0.25) is 0 Å². The van der Waals surface area contributed by atoms with Crippen molar-refractivity contribution >= 4 is 33.2 Å². The summed E-state index contributed by atoms with van der Waals surface area (Å²) in [5.74, 6) is 1.20. The summed E-state index contributed by atoms with van der Waals surface area (Å²) in [4.78, 5) is 0. The van der Waals surface area contributed by atoms with Crippen molar-refractivity contribution in [1.82, 2.24) is 0 Å². The van der Waals surface area contributed by atoms with Crippen LogP contribution in [0, 0.1) is 6.92 Å². The van der Waals surface area contributed by atoms with E-state index in [-0.39, 0.29) is 0 Å². The lowest BCUT2D eigenvalue weighted by Gasteiger charge is -2.19. The lowest BCUT2D eigenvalue weighted by Crippen LogP contribution is -2.24. The molecule has 1 aliphatic rings. The van der Waals surface area contributed by atoms with Crippen molar-refractivity contribution < 1.29 is 8.42 Å². The van der Waals surface area contributed by atoms with E-state index >= 15 is 0 Å². The summed E-state index contributed by atoms with van der Waals surface area (Å²) in [6, 6.07) is 6.23. The highest BCUT2D eigenvalue weighted by Crippen LogP contribution is 2.30. The summed E-state index contributed by atoms with van der Waals surface area (Å²) < 4.78 is 25.0. The van der Waals surface area contributed by atoms with Gasteiger partial charge in [-0.1, -0.05) is 6.92 Å². The molecule has 6 heteroatoms. The van der Waals surface area contributed by atoms with Crippen LogP contribution in [0.4, 0.5) is 11.4 Å². The van der Waals surface area contributed by atoms with Gasteiger partial charge >= 0.3 is 0 Å². The highest BCUT2D eigenvalue weighted by molar-refractivity contribution is 8.00. The minimum atomic E-state index is -3.22. The Hall–Kier alpha value is -0.880. The van der Waals surface area contributed by atoms with Crippen LogP contribution >= 0.6 is 11.8 Å². The van der Waals surface area contributed by atoms with Crippen LogP contribution in [0.1, 0.15) is 18.9 Å². The van der Waals surface area contributed by atoms with Gasteiger partial charge in [0.25, 0.3) is 0 Å². The van der Waals surface area contributed by atoms with Crippen LogP contribution in [0.25, 0.3) is 0 Å². The number of hydrogen-bond donors (Lipinski definition) is 2. The van der Waals surface area contributed by atoms with Gasteiger partial charge in [0.15, 0.2) is 0 Å². The van der Waals surface area contributed by atoms with Gasteiger partial charge in [-0.25, -0.2) is 8.42 Å². The minimum absolute atomic E-state index is 0.498. The first kappa shape index (κ1) is 14.5. The molecular weight excluding hydrogens is 280 g/mol. The van der Waals surface area contributed by atoms with Gasteiger partial charge in [-0.15, -0.1) is 0 Å². The van der Waals surface area contributed by atoms with E-state index < -0.39 is 10.0 Å². The topological polar surface area (TPSA) is 58.2 Å². The molecule has 0 aliphatic carbocycles. The maximum Gasteiger partial charge on any atom is 0.229 e. The Morgan fingerprint density at radius 3 is 2.63 bits per heavy atom. The van der Waals surface area contributed by atoms with E-state index in [0.29, 0.717) is 17.0 Å². The molecule has 2 N–H and O–H groups in total. The first-order chi connectivity index (χ1) is 8.85. The monoisotopic (exact) mass is 300 g/mol. The second-order valence-electron chi connectivity index (χ2n) is 5.02. The Kier molecular flexibility index (Phi) is 4.30. The second kappa shape index (κ2) is 5.63. The molecule has 1 aromatic carbocycles. The average Bonchev–Trinajstić information content (AvgIpc) is 2.67. The predicted octanol–water partition coefficient (Wildman–Crippen LogP) is 2.67. The van der Waals surface area contributed by atoms with Crippen LogP contribution in [-0.2, 0) is 10.0 Å². The number of thioether (sulfide) groups is 1. The van der Waals surface area contributed by atoms with Gasteiger partial charge in [-0.3, -0.25) is 4.72 Å². The zero-order valence-electron chi connectivity index (χ0n) is 11.4. The molecule has 2 atom stereocenters. The van der Waals surface area contributed by atoms with Gasteiger partial charge in [0.05, 0.1) is 11.9 Å². The Morgan fingerprint density at radius 2 is 2.11 bits per heavy atom. The Morgan fingerprint density at radius 1 is 1.37 bits per heavy atom. The number of sulfonamides is 1. The third-order valence-electron chi connectivity index (χ3n) is 3.25. The van der Waals surface area contributed by atoms with Crippen molar-refractivity contribution in [2.45, 2.75) is 31.6 Å². The van der Waals surface area contributed by atoms with Crippen molar-refractivity contribution in [1.29, 1.82) is 0 Å². The molecule has 0 aromatic heterocycles. The molecule has 1 aromatic rings. The molecule has 0 saturated carbocycles. The van der Waals surface area contributed by atoms with Crippen molar-refractivity contribution in [3.8, 4) is 0 Å². The lowest BCUT2D eigenvalue weighted by molar-refractivity contribution is 0.607. The Balaban J connectivity index is 2.10. The highest BCUT2D eigenvalue weighted by atomic mass is 32.2. The van der Waals surface area contributed by atoms with E-state index in [1.807, 2.05) is 36.9 Å². The lowest BCUT2D eigenvalue weighted by atomic mass is 10.1. The fourth-order valence-electron chi connectivity index (χ4n) is 2.20. The first-order valence-electron chi connectivity index (χ1n) is 6.32. The molecule has 0 bridgehead atoms. The number of aryl methyl sites for hydroxylation is 1. The van der Waals surface area contributed by atoms with Crippen LogP contribution < -0.4 is 10.0 Å². The fraction of sp³-hybridized carbons (Fsp3) is 0.538. The van der Waals surface area contributed by atoms with Gasteiger partial charge in [0.1, 0.15) is 0 Å². The zero-order chi connectivity index (χ0) is 14.0. The third-order valence-corrected chi connectivity index (χ3v) is 5.17. The number of nitrogens with one attached hydrogen (secondary N) is 2. The summed E-state index contributed by atoms with van der Waals surface area (Å²) in [6.45, 7) is 4.15. The third kappa shape index (κ3) is 4.04. The van der Waals surface area contributed by atoms with Gasteiger partial charge < -0.3 is 5.32 Å². The van der Waals surface area contributed by atoms with Crippen molar-refractivity contribution in [3.05, 3.63) is 23.8 Å². The molecule has 4 nitrogen and oxygen atoms in total. The number of rotatable bonds is 4. The van der Waals surface area contributed by atoms with Gasteiger partial charge in [-0.05, 0) is 42.9 Å². The van der Waals surface area contributed by atoms with Crippen molar-refractivity contribution in [3.63, 3.8) is 0 Å². The quantitative estimate of drug-likeness (QED) is 0.897. The maximum absolute atomic E-state index is 11.2. The molecule has 1 saturated heterocycles. The van der Waals surface area contributed by atoms with E-state index in [1.165, 1.54) is 12.2 Å². The summed E-state index contributed by atoms with van der Waals surface area (Å²) in [5.41, 5.74) is 2.62. The van der Waals surface area contributed by atoms with Gasteiger partial charge in [-0.2, -0.15) is 11.8 Å². The SMILES string of the molecule is Cc1cc(NC2CCSC2C)ccc1NS(C)(=O)=O. The molecule has 2 rings (SSSR count). The van der Waals surface area contributed by atoms with E-state index in [0.717, 1.165) is 17.5 Å². The summed E-state index contributed by atoms with van der Waals surface area (Å²) in [5, 5.41) is 4.14. The zero-order valence-corrected chi connectivity index (χ0v) is 13.1. The molecule has 0 amide bonds. The largest absolute Gasteiger partial charge is 0.381 e. The number of benzene rings is 1. The molecule has 106 valence electrons. The maximum atomic E-state index is 11.2. The molecule has 1 fully saturated rings. The molecule has 0 spiro atoms. The van der Waals surface area contributed by atoms with E-state index in [2.05, 4.69) is 17.0 Å². The molecule has 0 radical (unpaired) electrons.